The molecule has 176 valence electrons. The van der Waals surface area contributed by atoms with Crippen LogP contribution in [-0.4, -0.2) is 36.3 Å². The van der Waals surface area contributed by atoms with Crippen LogP contribution in [0, 0.1) is 0 Å². The molecular weight excluding hydrogens is 476 g/mol. The number of aliphatic imine (C=N–C) groups is 1. The fourth-order valence-corrected chi connectivity index (χ4v) is 5.46. The molecule has 9 heteroatoms. The van der Waals surface area contributed by atoms with Gasteiger partial charge in [-0.15, -0.1) is 11.3 Å². The average molecular weight is 501 g/mol. The molecule has 0 amide bonds. The van der Waals surface area contributed by atoms with Crippen molar-refractivity contribution in [1.29, 1.82) is 0 Å². The van der Waals surface area contributed by atoms with Crippen LogP contribution in [0.25, 0.3) is 16.3 Å². The Bertz CT molecular complexity index is 1430. The quantitative estimate of drug-likeness (QED) is 0.160. The third-order valence-corrected chi connectivity index (χ3v) is 7.38. The first-order valence-corrected chi connectivity index (χ1v) is 12.6. The predicted octanol–water partition coefficient (Wildman–Crippen LogP) is 6.61. The molecule has 0 saturated carbocycles. The molecule has 0 unspecified atom stereocenters. The standard InChI is InChI=1S/C26H24N6OS2/c1-4-17-13-19(9-10-22(17)32-15-33-16-32)29-26-30-21-11-12-34-24(21)25(31-26)35-20-8-6-7-18(14-20)28-23(5-2)27-3/h4-14H,1-2,15-16H2,3H3,(H,27,28)(H,29,30,31). The van der Waals surface area contributed by atoms with Gasteiger partial charge >= 0.3 is 0 Å². The Labute approximate surface area is 212 Å². The number of hydrogen-bond acceptors (Lipinski definition) is 8. The second kappa shape index (κ2) is 10.3. The molecule has 7 nitrogen and oxygen atoms in total. The minimum absolute atomic E-state index is 0.551. The number of thiophene rings is 1. The summed E-state index contributed by atoms with van der Waals surface area (Å²) < 4.78 is 6.34. The average Bonchev–Trinajstić information content (AvgIpc) is 3.31. The molecule has 2 aromatic heterocycles. The Balaban J connectivity index is 1.42. The van der Waals surface area contributed by atoms with Crippen LogP contribution in [0.5, 0.6) is 0 Å². The summed E-state index contributed by atoms with van der Waals surface area (Å²) in [4.78, 5) is 17.0. The lowest BCUT2D eigenvalue weighted by Crippen LogP contribution is -2.40. The number of benzene rings is 2. The SMILES string of the molecule is C=CC(=NC)Nc1cccc(Sc2nc(Nc3ccc(N4COC4)c(C=C)c3)nc3ccsc23)c1. The summed E-state index contributed by atoms with van der Waals surface area (Å²) in [6.45, 7) is 8.95. The van der Waals surface area contributed by atoms with Gasteiger partial charge in [0.1, 0.15) is 24.3 Å². The van der Waals surface area contributed by atoms with Gasteiger partial charge in [-0.05, 0) is 59.5 Å². The van der Waals surface area contributed by atoms with E-state index in [1.807, 2.05) is 35.7 Å². The van der Waals surface area contributed by atoms with Gasteiger partial charge in [-0.3, -0.25) is 4.99 Å². The number of hydrogen-bond donors (Lipinski definition) is 2. The number of rotatable bonds is 8. The second-order valence-electron chi connectivity index (χ2n) is 7.66. The highest BCUT2D eigenvalue weighted by Crippen LogP contribution is 2.36. The zero-order valence-electron chi connectivity index (χ0n) is 19.2. The van der Waals surface area contributed by atoms with Crippen LogP contribution in [0.3, 0.4) is 0 Å². The summed E-state index contributed by atoms with van der Waals surface area (Å²) in [7, 11) is 1.73. The van der Waals surface area contributed by atoms with E-state index < -0.39 is 0 Å². The number of ether oxygens (including phenoxy) is 1. The van der Waals surface area contributed by atoms with Gasteiger partial charge in [-0.25, -0.2) is 9.97 Å². The van der Waals surface area contributed by atoms with E-state index in [4.69, 9.17) is 14.7 Å². The highest BCUT2D eigenvalue weighted by Gasteiger charge is 2.18. The molecule has 4 aromatic rings. The Morgan fingerprint density at radius 1 is 1.14 bits per heavy atom. The molecule has 0 radical (unpaired) electrons. The van der Waals surface area contributed by atoms with E-state index in [0.29, 0.717) is 25.2 Å². The molecule has 1 fully saturated rings. The fraction of sp³-hybridized carbons (Fsp3) is 0.115. The summed E-state index contributed by atoms with van der Waals surface area (Å²) in [6.07, 6.45) is 3.55. The maximum atomic E-state index is 5.29. The number of nitrogens with zero attached hydrogens (tertiary/aromatic N) is 4. The minimum Gasteiger partial charge on any atom is -0.341 e. The third kappa shape index (κ3) is 5.07. The Kier molecular flexibility index (Phi) is 6.80. The molecule has 35 heavy (non-hydrogen) atoms. The van der Waals surface area contributed by atoms with E-state index in [2.05, 4.69) is 57.9 Å². The zero-order chi connectivity index (χ0) is 24.2. The van der Waals surface area contributed by atoms with E-state index in [-0.39, 0.29) is 0 Å². The van der Waals surface area contributed by atoms with Gasteiger partial charge in [-0.2, -0.15) is 0 Å². The molecule has 0 aliphatic carbocycles. The Morgan fingerprint density at radius 3 is 2.77 bits per heavy atom. The molecule has 1 aliphatic rings. The number of fused-ring (bicyclic) bond motifs is 1. The number of aromatic nitrogens is 2. The summed E-state index contributed by atoms with van der Waals surface area (Å²) in [5.74, 6) is 1.27. The highest BCUT2D eigenvalue weighted by atomic mass is 32.2. The molecule has 0 bridgehead atoms. The molecule has 0 atom stereocenters. The van der Waals surface area contributed by atoms with Crippen molar-refractivity contribution in [3.8, 4) is 0 Å². The first kappa shape index (κ1) is 23.1. The monoisotopic (exact) mass is 500 g/mol. The molecular formula is C26H24N6OS2. The van der Waals surface area contributed by atoms with E-state index >= 15 is 0 Å². The first-order valence-electron chi connectivity index (χ1n) is 10.9. The molecule has 2 N–H and O–H groups in total. The van der Waals surface area contributed by atoms with Crippen LogP contribution in [0.1, 0.15) is 5.56 Å². The van der Waals surface area contributed by atoms with E-state index in [1.54, 1.807) is 36.2 Å². The number of anilines is 4. The highest BCUT2D eigenvalue weighted by molar-refractivity contribution is 7.99. The number of nitrogens with one attached hydrogen (secondary N) is 2. The van der Waals surface area contributed by atoms with Crippen molar-refractivity contribution in [2.45, 2.75) is 9.92 Å². The fourth-order valence-electron chi connectivity index (χ4n) is 3.59. The van der Waals surface area contributed by atoms with Gasteiger partial charge in [0.15, 0.2) is 0 Å². The van der Waals surface area contributed by atoms with Crippen LogP contribution in [0.4, 0.5) is 23.0 Å². The van der Waals surface area contributed by atoms with Crippen molar-refractivity contribution in [1.82, 2.24) is 9.97 Å². The second-order valence-corrected chi connectivity index (χ2v) is 9.64. The van der Waals surface area contributed by atoms with E-state index in [9.17, 15) is 0 Å². The largest absolute Gasteiger partial charge is 0.341 e. The van der Waals surface area contributed by atoms with Crippen molar-refractivity contribution in [3.63, 3.8) is 0 Å². The normalized spacial score (nSPS) is 13.4. The van der Waals surface area contributed by atoms with Crippen molar-refractivity contribution < 1.29 is 4.74 Å². The predicted molar refractivity (Wildman–Crippen MR) is 148 cm³/mol. The lowest BCUT2D eigenvalue weighted by Gasteiger charge is -2.34. The van der Waals surface area contributed by atoms with Crippen LogP contribution in [0.15, 0.2) is 88.1 Å². The van der Waals surface area contributed by atoms with E-state index in [1.165, 1.54) is 0 Å². The lowest BCUT2D eigenvalue weighted by atomic mass is 10.1. The molecule has 5 rings (SSSR count). The number of amidine groups is 1. The van der Waals surface area contributed by atoms with Gasteiger partial charge in [-0.1, -0.05) is 37.1 Å². The summed E-state index contributed by atoms with van der Waals surface area (Å²) >= 11 is 3.24. The van der Waals surface area contributed by atoms with Crippen LogP contribution >= 0.6 is 23.1 Å². The maximum Gasteiger partial charge on any atom is 0.228 e. The van der Waals surface area contributed by atoms with E-state index in [0.717, 1.165) is 42.8 Å². The van der Waals surface area contributed by atoms with Crippen molar-refractivity contribution >= 4 is 68.2 Å². The Morgan fingerprint density at radius 2 is 2.03 bits per heavy atom. The molecule has 2 aromatic carbocycles. The summed E-state index contributed by atoms with van der Waals surface area (Å²) in [6, 6.07) is 16.3. The topological polar surface area (TPSA) is 74.7 Å². The first-order chi connectivity index (χ1) is 17.2. The van der Waals surface area contributed by atoms with Crippen molar-refractivity contribution in [2.75, 3.05) is 36.0 Å². The molecule has 1 saturated heterocycles. The van der Waals surface area contributed by atoms with Crippen molar-refractivity contribution in [2.24, 2.45) is 4.99 Å². The zero-order valence-corrected chi connectivity index (χ0v) is 20.8. The maximum absolute atomic E-state index is 5.29. The van der Waals surface area contributed by atoms with Crippen LogP contribution in [-0.2, 0) is 4.74 Å². The van der Waals surface area contributed by atoms with Crippen LogP contribution < -0.4 is 15.5 Å². The van der Waals surface area contributed by atoms with Gasteiger partial charge in [0.25, 0.3) is 0 Å². The van der Waals surface area contributed by atoms with Gasteiger partial charge in [0.2, 0.25) is 5.95 Å². The third-order valence-electron chi connectivity index (χ3n) is 5.37. The molecule has 1 aliphatic heterocycles. The Hall–Kier alpha value is -3.66. The van der Waals surface area contributed by atoms with Gasteiger partial charge < -0.3 is 20.3 Å². The van der Waals surface area contributed by atoms with Gasteiger partial charge in [0.05, 0.1) is 10.2 Å². The lowest BCUT2D eigenvalue weighted by molar-refractivity contribution is 0.0406. The molecule has 3 heterocycles. The molecule has 0 spiro atoms. The summed E-state index contributed by atoms with van der Waals surface area (Å²) in [5, 5.41) is 9.58. The minimum atomic E-state index is 0.551. The van der Waals surface area contributed by atoms with Gasteiger partial charge in [0, 0.05) is 29.0 Å². The van der Waals surface area contributed by atoms with Crippen molar-refractivity contribution in [3.05, 3.63) is 78.7 Å². The van der Waals surface area contributed by atoms with Crippen LogP contribution in [0.2, 0.25) is 0 Å². The smallest absolute Gasteiger partial charge is 0.228 e. The summed E-state index contributed by atoms with van der Waals surface area (Å²) in [5.41, 5.74) is 4.88.